The zero-order valence-corrected chi connectivity index (χ0v) is 10.3. The van der Waals surface area contributed by atoms with E-state index in [0.717, 1.165) is 31.5 Å². The van der Waals surface area contributed by atoms with E-state index in [1.54, 1.807) is 0 Å². The second kappa shape index (κ2) is 5.94. The SMILES string of the molecule is N#Cc1ccc(F)cc1CN1CCCC(CO)C1. The number of halogens is 1. The van der Waals surface area contributed by atoms with E-state index in [0.29, 0.717) is 18.0 Å². The molecule has 1 heterocycles. The van der Waals surface area contributed by atoms with E-state index < -0.39 is 0 Å². The number of rotatable bonds is 3. The number of hydrogen-bond donors (Lipinski definition) is 1. The van der Waals surface area contributed by atoms with Gasteiger partial charge in [0.25, 0.3) is 0 Å². The summed E-state index contributed by atoms with van der Waals surface area (Å²) in [5.74, 6) is -0.00226. The zero-order chi connectivity index (χ0) is 13.0. The lowest BCUT2D eigenvalue weighted by molar-refractivity contribution is 0.116. The van der Waals surface area contributed by atoms with Gasteiger partial charge in [-0.3, -0.25) is 4.90 Å². The maximum absolute atomic E-state index is 13.2. The summed E-state index contributed by atoms with van der Waals surface area (Å²) in [6.45, 7) is 2.54. The first-order valence-electron chi connectivity index (χ1n) is 6.24. The highest BCUT2D eigenvalue weighted by molar-refractivity contribution is 5.37. The average molecular weight is 248 g/mol. The van der Waals surface area contributed by atoms with Crippen LogP contribution in [0.25, 0.3) is 0 Å². The van der Waals surface area contributed by atoms with E-state index in [2.05, 4.69) is 11.0 Å². The maximum atomic E-state index is 13.2. The van der Waals surface area contributed by atoms with Crippen LogP contribution in [-0.2, 0) is 6.54 Å². The van der Waals surface area contributed by atoms with Crippen molar-refractivity contribution in [2.75, 3.05) is 19.7 Å². The quantitative estimate of drug-likeness (QED) is 0.888. The molecule has 1 fully saturated rings. The lowest BCUT2D eigenvalue weighted by atomic mass is 9.98. The molecular formula is C14H17FN2O. The molecule has 18 heavy (non-hydrogen) atoms. The number of piperidine rings is 1. The highest BCUT2D eigenvalue weighted by Gasteiger charge is 2.20. The van der Waals surface area contributed by atoms with Crippen molar-refractivity contribution >= 4 is 0 Å². The van der Waals surface area contributed by atoms with Gasteiger partial charge in [0.15, 0.2) is 0 Å². The molecule has 3 nitrogen and oxygen atoms in total. The summed E-state index contributed by atoms with van der Waals surface area (Å²) in [5.41, 5.74) is 1.26. The predicted molar refractivity (Wildman–Crippen MR) is 66.2 cm³/mol. The second-order valence-corrected chi connectivity index (χ2v) is 4.84. The molecule has 0 radical (unpaired) electrons. The summed E-state index contributed by atoms with van der Waals surface area (Å²) in [4.78, 5) is 2.18. The van der Waals surface area contributed by atoms with Crippen LogP contribution >= 0.6 is 0 Å². The number of aliphatic hydroxyl groups is 1. The second-order valence-electron chi connectivity index (χ2n) is 4.84. The van der Waals surface area contributed by atoms with E-state index in [4.69, 9.17) is 5.26 Å². The van der Waals surface area contributed by atoms with Gasteiger partial charge in [0, 0.05) is 19.7 Å². The van der Waals surface area contributed by atoms with Crippen molar-refractivity contribution < 1.29 is 9.50 Å². The topological polar surface area (TPSA) is 47.3 Å². The number of hydrogen-bond acceptors (Lipinski definition) is 3. The molecule has 0 bridgehead atoms. The first kappa shape index (κ1) is 13.0. The van der Waals surface area contributed by atoms with E-state index in [1.165, 1.54) is 18.2 Å². The fourth-order valence-electron chi connectivity index (χ4n) is 2.49. The summed E-state index contributed by atoms with van der Waals surface area (Å²) in [5, 5.41) is 18.2. The van der Waals surface area contributed by atoms with Gasteiger partial charge in [-0.1, -0.05) is 0 Å². The Morgan fingerprint density at radius 1 is 1.50 bits per heavy atom. The molecule has 1 N–H and O–H groups in total. The van der Waals surface area contributed by atoms with E-state index in [1.807, 2.05) is 0 Å². The van der Waals surface area contributed by atoms with Gasteiger partial charge in [0.1, 0.15) is 5.82 Å². The van der Waals surface area contributed by atoms with Crippen LogP contribution < -0.4 is 0 Å². The minimum absolute atomic E-state index is 0.199. The Morgan fingerprint density at radius 3 is 3.06 bits per heavy atom. The summed E-state index contributed by atoms with van der Waals surface area (Å²) >= 11 is 0. The third kappa shape index (κ3) is 3.06. The highest BCUT2D eigenvalue weighted by atomic mass is 19.1. The molecule has 1 aromatic rings. The molecule has 1 aromatic carbocycles. The third-order valence-electron chi connectivity index (χ3n) is 3.44. The van der Waals surface area contributed by atoms with Gasteiger partial charge in [-0.05, 0) is 49.1 Å². The molecular weight excluding hydrogens is 231 g/mol. The molecule has 2 rings (SSSR count). The van der Waals surface area contributed by atoms with Crippen LogP contribution in [0.4, 0.5) is 4.39 Å². The van der Waals surface area contributed by atoms with Crippen LogP contribution in [0.2, 0.25) is 0 Å². The standard InChI is InChI=1S/C14H17FN2O/c15-14-4-3-12(7-16)13(6-14)9-17-5-1-2-11(8-17)10-18/h3-4,6,11,18H,1-2,5,8-10H2. The molecule has 0 aliphatic carbocycles. The van der Waals surface area contributed by atoms with Crippen molar-refractivity contribution in [3.63, 3.8) is 0 Å². The van der Waals surface area contributed by atoms with Gasteiger partial charge in [-0.2, -0.15) is 5.26 Å². The number of likely N-dealkylation sites (tertiary alicyclic amines) is 1. The van der Waals surface area contributed by atoms with Crippen LogP contribution in [0.3, 0.4) is 0 Å². The molecule has 0 amide bonds. The Labute approximate surface area is 106 Å². The Kier molecular flexibility index (Phi) is 4.29. The number of nitrogens with zero attached hydrogens (tertiary/aromatic N) is 2. The molecule has 0 saturated carbocycles. The largest absolute Gasteiger partial charge is 0.396 e. The van der Waals surface area contributed by atoms with Crippen LogP contribution in [0.1, 0.15) is 24.0 Å². The van der Waals surface area contributed by atoms with Crippen molar-refractivity contribution in [1.82, 2.24) is 4.90 Å². The predicted octanol–water partition coefficient (Wildman–Crippen LogP) is 1.90. The lowest BCUT2D eigenvalue weighted by Gasteiger charge is -2.31. The molecule has 0 aromatic heterocycles. The number of benzene rings is 1. The molecule has 0 spiro atoms. The summed E-state index contributed by atoms with van der Waals surface area (Å²) in [6, 6.07) is 6.37. The minimum atomic E-state index is -0.306. The van der Waals surface area contributed by atoms with E-state index >= 15 is 0 Å². The van der Waals surface area contributed by atoms with Crippen LogP contribution in [0.15, 0.2) is 18.2 Å². The Morgan fingerprint density at radius 2 is 2.33 bits per heavy atom. The van der Waals surface area contributed by atoms with Gasteiger partial charge in [-0.25, -0.2) is 4.39 Å². The Hall–Kier alpha value is -1.44. The monoisotopic (exact) mass is 248 g/mol. The van der Waals surface area contributed by atoms with Crippen molar-refractivity contribution in [2.24, 2.45) is 5.92 Å². The lowest BCUT2D eigenvalue weighted by Crippen LogP contribution is -2.36. The average Bonchev–Trinajstić information content (AvgIpc) is 2.39. The number of nitriles is 1. The van der Waals surface area contributed by atoms with E-state index in [9.17, 15) is 9.50 Å². The molecule has 1 aliphatic rings. The summed E-state index contributed by atoms with van der Waals surface area (Å²) in [7, 11) is 0. The molecule has 1 saturated heterocycles. The van der Waals surface area contributed by atoms with E-state index in [-0.39, 0.29) is 12.4 Å². The molecule has 1 atom stereocenters. The van der Waals surface area contributed by atoms with Gasteiger partial charge in [-0.15, -0.1) is 0 Å². The molecule has 1 unspecified atom stereocenters. The zero-order valence-electron chi connectivity index (χ0n) is 10.3. The van der Waals surface area contributed by atoms with Gasteiger partial charge in [0.2, 0.25) is 0 Å². The van der Waals surface area contributed by atoms with Crippen molar-refractivity contribution in [3.05, 3.63) is 35.1 Å². The molecule has 96 valence electrons. The van der Waals surface area contributed by atoms with Crippen molar-refractivity contribution in [2.45, 2.75) is 19.4 Å². The maximum Gasteiger partial charge on any atom is 0.123 e. The first-order chi connectivity index (χ1) is 8.72. The third-order valence-corrected chi connectivity index (χ3v) is 3.44. The summed E-state index contributed by atoms with van der Waals surface area (Å²) < 4.78 is 13.2. The van der Waals surface area contributed by atoms with Gasteiger partial charge in [0.05, 0.1) is 11.6 Å². The van der Waals surface area contributed by atoms with Crippen LogP contribution in [0.5, 0.6) is 0 Å². The molecule has 4 heteroatoms. The smallest absolute Gasteiger partial charge is 0.123 e. The summed E-state index contributed by atoms with van der Waals surface area (Å²) in [6.07, 6.45) is 2.09. The van der Waals surface area contributed by atoms with Gasteiger partial charge >= 0.3 is 0 Å². The highest BCUT2D eigenvalue weighted by Crippen LogP contribution is 2.20. The minimum Gasteiger partial charge on any atom is -0.396 e. The van der Waals surface area contributed by atoms with Crippen molar-refractivity contribution in [1.29, 1.82) is 5.26 Å². The fraction of sp³-hybridized carbons (Fsp3) is 0.500. The van der Waals surface area contributed by atoms with Crippen LogP contribution in [0, 0.1) is 23.1 Å². The fourth-order valence-corrected chi connectivity index (χ4v) is 2.49. The molecule has 1 aliphatic heterocycles. The van der Waals surface area contributed by atoms with Gasteiger partial charge < -0.3 is 5.11 Å². The van der Waals surface area contributed by atoms with Crippen LogP contribution in [-0.4, -0.2) is 29.7 Å². The van der Waals surface area contributed by atoms with Crippen molar-refractivity contribution in [3.8, 4) is 6.07 Å². The Balaban J connectivity index is 2.09. The number of aliphatic hydroxyl groups excluding tert-OH is 1. The Bertz CT molecular complexity index is 456. The normalized spacial score (nSPS) is 20.6. The first-order valence-corrected chi connectivity index (χ1v) is 6.24.